The normalized spacial score (nSPS) is 12.3. The maximum Gasteiger partial charge on any atom is 0.418 e. The highest BCUT2D eigenvalue weighted by Gasteiger charge is 2.42. The number of alkyl halides is 6. The zero-order valence-electron chi connectivity index (χ0n) is 15.7. The van der Waals surface area contributed by atoms with Crippen LogP contribution in [0.4, 0.5) is 36.8 Å². The van der Waals surface area contributed by atoms with Crippen molar-refractivity contribution in [2.24, 2.45) is 0 Å². The standard InChI is InChI=1S/C17H17F6NO5/c1-5-28-13(26)12(25)9-6-8(16(18,19)20)7-10(17(21,22)23)11(9)24-14(27)29-15(2,3)4/h6-7H,5H2,1-4H3,(H,24,27). The maximum absolute atomic E-state index is 13.4. The van der Waals surface area contributed by atoms with E-state index in [4.69, 9.17) is 4.74 Å². The predicted molar refractivity (Wildman–Crippen MR) is 87.3 cm³/mol. The molecule has 0 spiro atoms. The molecule has 1 rings (SSSR count). The van der Waals surface area contributed by atoms with Crippen molar-refractivity contribution in [3.63, 3.8) is 0 Å². The lowest BCUT2D eigenvalue weighted by molar-refractivity contribution is -0.143. The lowest BCUT2D eigenvalue weighted by Crippen LogP contribution is -2.30. The lowest BCUT2D eigenvalue weighted by Gasteiger charge is -2.23. The first-order chi connectivity index (χ1) is 13.0. The largest absolute Gasteiger partial charge is 0.460 e. The third kappa shape index (κ3) is 6.64. The topological polar surface area (TPSA) is 81.7 Å². The highest BCUT2D eigenvalue weighted by molar-refractivity contribution is 6.42. The second-order valence-electron chi connectivity index (χ2n) is 6.62. The summed E-state index contributed by atoms with van der Waals surface area (Å²) in [6.45, 7) is 5.07. The van der Waals surface area contributed by atoms with Crippen molar-refractivity contribution in [1.82, 2.24) is 0 Å². The van der Waals surface area contributed by atoms with E-state index in [2.05, 4.69) is 4.74 Å². The summed E-state index contributed by atoms with van der Waals surface area (Å²) in [4.78, 5) is 35.7. The van der Waals surface area contributed by atoms with Crippen molar-refractivity contribution >= 4 is 23.5 Å². The maximum atomic E-state index is 13.4. The van der Waals surface area contributed by atoms with Gasteiger partial charge in [-0.3, -0.25) is 10.1 Å². The summed E-state index contributed by atoms with van der Waals surface area (Å²) in [5, 5.41) is 1.62. The average Bonchev–Trinajstić information content (AvgIpc) is 2.50. The lowest BCUT2D eigenvalue weighted by atomic mass is 9.98. The second-order valence-corrected chi connectivity index (χ2v) is 6.62. The third-order valence-corrected chi connectivity index (χ3v) is 3.10. The Balaban J connectivity index is 3.73. The molecular formula is C17H17F6NO5. The number of Topliss-reactive ketones (excluding diaryl/α,β-unsaturated/α-hetero) is 1. The van der Waals surface area contributed by atoms with E-state index >= 15 is 0 Å². The van der Waals surface area contributed by atoms with Crippen LogP contribution in [0, 0.1) is 0 Å². The van der Waals surface area contributed by atoms with Crippen molar-refractivity contribution in [2.75, 3.05) is 11.9 Å². The molecule has 162 valence electrons. The number of anilines is 1. The van der Waals surface area contributed by atoms with Crippen LogP contribution in [0.5, 0.6) is 0 Å². The summed E-state index contributed by atoms with van der Waals surface area (Å²) in [7, 11) is 0. The first kappa shape index (κ1) is 24.2. The number of benzene rings is 1. The molecule has 0 aliphatic rings. The fourth-order valence-electron chi connectivity index (χ4n) is 2.06. The van der Waals surface area contributed by atoms with Gasteiger partial charge in [-0.25, -0.2) is 9.59 Å². The number of ether oxygens (including phenoxy) is 2. The minimum atomic E-state index is -5.41. The van der Waals surface area contributed by atoms with Crippen molar-refractivity contribution in [1.29, 1.82) is 0 Å². The van der Waals surface area contributed by atoms with Gasteiger partial charge in [0.2, 0.25) is 0 Å². The van der Waals surface area contributed by atoms with E-state index in [-0.39, 0.29) is 18.7 Å². The smallest absolute Gasteiger partial charge is 0.418 e. The number of rotatable bonds is 4. The summed E-state index contributed by atoms with van der Waals surface area (Å²) in [5.41, 5.74) is -7.67. The van der Waals surface area contributed by atoms with Gasteiger partial charge >= 0.3 is 24.4 Å². The van der Waals surface area contributed by atoms with E-state index in [0.717, 1.165) is 0 Å². The molecule has 12 heteroatoms. The Kier molecular flexibility index (Phi) is 6.93. The Morgan fingerprint density at radius 3 is 1.93 bits per heavy atom. The summed E-state index contributed by atoms with van der Waals surface area (Å²) < 4.78 is 88.5. The Morgan fingerprint density at radius 2 is 1.52 bits per heavy atom. The van der Waals surface area contributed by atoms with Gasteiger partial charge in [-0.1, -0.05) is 0 Å². The van der Waals surface area contributed by atoms with Crippen LogP contribution in [0.2, 0.25) is 0 Å². The van der Waals surface area contributed by atoms with Crippen LogP contribution in [-0.4, -0.2) is 30.1 Å². The Hall–Kier alpha value is -2.79. The van der Waals surface area contributed by atoms with Crippen LogP contribution in [0.3, 0.4) is 0 Å². The van der Waals surface area contributed by atoms with E-state index in [9.17, 15) is 40.7 Å². The number of esters is 1. The van der Waals surface area contributed by atoms with Crippen LogP contribution < -0.4 is 5.32 Å². The zero-order valence-corrected chi connectivity index (χ0v) is 15.7. The van der Waals surface area contributed by atoms with E-state index in [1.165, 1.54) is 27.7 Å². The molecule has 0 heterocycles. The summed E-state index contributed by atoms with van der Waals surface area (Å²) in [6.07, 6.45) is -12.1. The number of hydrogen-bond acceptors (Lipinski definition) is 5. The van der Waals surface area contributed by atoms with Crippen LogP contribution in [-0.2, 0) is 26.6 Å². The van der Waals surface area contributed by atoms with Gasteiger partial charge < -0.3 is 9.47 Å². The highest BCUT2D eigenvalue weighted by Crippen LogP contribution is 2.41. The fraction of sp³-hybridized carbons (Fsp3) is 0.471. The van der Waals surface area contributed by atoms with Gasteiger partial charge in [0, 0.05) is 0 Å². The van der Waals surface area contributed by atoms with E-state index in [1.54, 1.807) is 5.32 Å². The minimum absolute atomic E-state index is 0.0290. The zero-order chi connectivity index (χ0) is 22.8. The van der Waals surface area contributed by atoms with Gasteiger partial charge in [-0.15, -0.1) is 0 Å². The molecule has 0 saturated carbocycles. The molecule has 1 N–H and O–H groups in total. The molecule has 6 nitrogen and oxygen atoms in total. The molecule has 0 saturated heterocycles. The monoisotopic (exact) mass is 429 g/mol. The molecule has 0 bridgehead atoms. The first-order valence-electron chi connectivity index (χ1n) is 8.01. The molecule has 1 aromatic rings. The quantitative estimate of drug-likeness (QED) is 0.321. The Bertz CT molecular complexity index is 808. The van der Waals surface area contributed by atoms with E-state index in [1.807, 2.05) is 0 Å². The van der Waals surface area contributed by atoms with Gasteiger partial charge in [0.1, 0.15) is 5.60 Å². The van der Waals surface area contributed by atoms with E-state index < -0.39 is 58.2 Å². The number of carbonyl (C=O) groups excluding carboxylic acids is 3. The van der Waals surface area contributed by atoms with Crippen molar-refractivity contribution in [3.8, 4) is 0 Å². The van der Waals surface area contributed by atoms with Crippen LogP contribution in [0.25, 0.3) is 0 Å². The molecule has 1 amide bonds. The number of nitrogens with one attached hydrogen (secondary N) is 1. The van der Waals surface area contributed by atoms with Crippen LogP contribution in [0.15, 0.2) is 12.1 Å². The van der Waals surface area contributed by atoms with Gasteiger partial charge in [0.25, 0.3) is 5.78 Å². The van der Waals surface area contributed by atoms with Crippen molar-refractivity contribution in [2.45, 2.75) is 45.6 Å². The summed E-state index contributed by atoms with van der Waals surface area (Å²) in [6, 6.07) is -0.254. The third-order valence-electron chi connectivity index (χ3n) is 3.10. The molecule has 29 heavy (non-hydrogen) atoms. The minimum Gasteiger partial charge on any atom is -0.460 e. The highest BCUT2D eigenvalue weighted by atomic mass is 19.4. The summed E-state index contributed by atoms with van der Waals surface area (Å²) >= 11 is 0. The molecule has 0 atom stereocenters. The number of ketones is 1. The van der Waals surface area contributed by atoms with Crippen molar-refractivity contribution < 1.29 is 50.2 Å². The SMILES string of the molecule is CCOC(=O)C(=O)c1cc(C(F)(F)F)cc(C(F)(F)F)c1NC(=O)OC(C)(C)C. The van der Waals surface area contributed by atoms with Gasteiger partial charge in [-0.05, 0) is 39.8 Å². The average molecular weight is 429 g/mol. The number of halogens is 6. The number of hydrogen-bond donors (Lipinski definition) is 1. The molecule has 0 aromatic heterocycles. The van der Waals surface area contributed by atoms with Gasteiger partial charge in [-0.2, -0.15) is 26.3 Å². The molecule has 0 aliphatic heterocycles. The Morgan fingerprint density at radius 1 is 0.966 bits per heavy atom. The molecular weight excluding hydrogens is 412 g/mol. The molecule has 0 radical (unpaired) electrons. The van der Waals surface area contributed by atoms with Crippen LogP contribution >= 0.6 is 0 Å². The van der Waals surface area contributed by atoms with Gasteiger partial charge in [0.05, 0.1) is 29.0 Å². The van der Waals surface area contributed by atoms with Crippen molar-refractivity contribution in [3.05, 3.63) is 28.8 Å². The van der Waals surface area contributed by atoms with Gasteiger partial charge in [0.15, 0.2) is 0 Å². The summed E-state index contributed by atoms with van der Waals surface area (Å²) in [5.74, 6) is -3.48. The molecule has 1 aromatic carbocycles. The van der Waals surface area contributed by atoms with E-state index in [0.29, 0.717) is 0 Å². The first-order valence-corrected chi connectivity index (χ1v) is 8.01. The fourth-order valence-corrected chi connectivity index (χ4v) is 2.06. The molecule has 0 aliphatic carbocycles. The number of amides is 1. The predicted octanol–water partition coefficient (Wildman–Crippen LogP) is 4.82. The van der Waals surface area contributed by atoms with Crippen LogP contribution in [0.1, 0.15) is 49.2 Å². The Labute approximate surface area is 161 Å². The molecule has 0 unspecified atom stereocenters. The number of carbonyl (C=O) groups is 3. The molecule has 0 fully saturated rings. The second kappa shape index (κ2) is 8.29.